The van der Waals surface area contributed by atoms with Gasteiger partial charge in [-0.05, 0) is 59.9 Å². The molecule has 8 heteroatoms. The minimum Gasteiger partial charge on any atom is -0.486 e. The monoisotopic (exact) mass is 511 g/mol. The zero-order valence-corrected chi connectivity index (χ0v) is 20.3. The molecule has 0 heterocycles. The molecule has 0 spiro atoms. The summed E-state index contributed by atoms with van der Waals surface area (Å²) in [5, 5.41) is 11.2. The molecule has 1 amide bonds. The molecule has 0 aliphatic carbocycles. The van der Waals surface area contributed by atoms with Crippen molar-refractivity contribution in [3.8, 4) is 16.9 Å². The van der Waals surface area contributed by atoms with E-state index in [0.29, 0.717) is 11.3 Å². The number of carboxylic acids is 1. The zero-order chi connectivity index (χ0) is 27.0. The molecule has 0 aromatic heterocycles. The Morgan fingerprint density at radius 2 is 1.46 bits per heavy atom. The molecule has 0 aliphatic heterocycles. The molecule has 0 fully saturated rings. The highest BCUT2D eigenvalue weighted by Crippen LogP contribution is 2.32. The summed E-state index contributed by atoms with van der Waals surface area (Å²) in [6.07, 6.45) is -6.76. The predicted molar refractivity (Wildman–Crippen MR) is 136 cm³/mol. The van der Waals surface area contributed by atoms with E-state index in [1.807, 2.05) is 43.3 Å². The van der Waals surface area contributed by atoms with Crippen LogP contribution in [0, 0.1) is 0 Å². The van der Waals surface area contributed by atoms with Crippen molar-refractivity contribution < 1.29 is 32.6 Å². The van der Waals surface area contributed by atoms with Crippen LogP contribution in [0.15, 0.2) is 79.4 Å². The molecule has 5 nitrogen and oxygen atoms in total. The fourth-order valence-corrected chi connectivity index (χ4v) is 3.66. The average molecular weight is 512 g/mol. The number of carbonyl (C=O) groups excluding carboxylic acids is 1. The van der Waals surface area contributed by atoms with Crippen molar-refractivity contribution >= 4 is 17.4 Å². The molecule has 194 valence electrons. The lowest BCUT2D eigenvalue weighted by Gasteiger charge is -2.21. The fourth-order valence-electron chi connectivity index (χ4n) is 3.66. The lowest BCUT2D eigenvalue weighted by atomic mass is 10.0. The molecule has 0 saturated heterocycles. The van der Waals surface area contributed by atoms with Crippen molar-refractivity contribution in [1.82, 2.24) is 5.32 Å². The standard InChI is InChI=1S/C29H28F3NO4/c1-19(2)20-3-5-21(6-4-20)22-11-13-25(14-12-22)37-26(15-17-29(30,31)32)23-7-9-24(10-8-23)28(36)33-18-16-27(34)35/h3-14,26H,1,15-18H2,2H3,(H,33,36)(H,34,35). The largest absolute Gasteiger partial charge is 0.486 e. The van der Waals surface area contributed by atoms with Gasteiger partial charge in [0.05, 0.1) is 6.42 Å². The number of hydrogen-bond acceptors (Lipinski definition) is 3. The summed E-state index contributed by atoms with van der Waals surface area (Å²) in [6, 6.07) is 21.1. The van der Waals surface area contributed by atoms with E-state index in [2.05, 4.69) is 11.9 Å². The van der Waals surface area contributed by atoms with E-state index < -0.39 is 30.6 Å². The van der Waals surface area contributed by atoms with Crippen LogP contribution in [0.1, 0.15) is 53.8 Å². The second-order valence-corrected chi connectivity index (χ2v) is 8.66. The summed E-state index contributed by atoms with van der Waals surface area (Å²) in [5.41, 5.74) is 4.69. The molecule has 1 atom stereocenters. The highest BCUT2D eigenvalue weighted by Gasteiger charge is 2.29. The van der Waals surface area contributed by atoms with Gasteiger partial charge in [0.1, 0.15) is 11.9 Å². The normalized spacial score (nSPS) is 12.0. The molecule has 3 rings (SSSR count). The van der Waals surface area contributed by atoms with Crippen molar-refractivity contribution in [1.29, 1.82) is 0 Å². The number of alkyl halides is 3. The number of carbonyl (C=O) groups is 2. The van der Waals surface area contributed by atoms with E-state index in [1.165, 1.54) is 12.1 Å². The number of aliphatic carboxylic acids is 1. The number of amides is 1. The van der Waals surface area contributed by atoms with Gasteiger partial charge in [-0.15, -0.1) is 0 Å². The smallest absolute Gasteiger partial charge is 0.389 e. The summed E-state index contributed by atoms with van der Waals surface area (Å²) in [5.74, 6) is -1.08. The van der Waals surface area contributed by atoms with Gasteiger partial charge < -0.3 is 15.2 Å². The van der Waals surface area contributed by atoms with Crippen molar-refractivity contribution in [2.45, 2.75) is 38.5 Å². The summed E-state index contributed by atoms with van der Waals surface area (Å²) in [6.45, 7) is 5.83. The Labute approximate surface area is 213 Å². The zero-order valence-electron chi connectivity index (χ0n) is 20.3. The third-order valence-corrected chi connectivity index (χ3v) is 5.70. The maximum atomic E-state index is 13.0. The average Bonchev–Trinajstić information content (AvgIpc) is 2.86. The first-order chi connectivity index (χ1) is 17.5. The van der Waals surface area contributed by atoms with Crippen molar-refractivity contribution in [2.24, 2.45) is 0 Å². The molecule has 0 saturated carbocycles. The molecule has 0 bridgehead atoms. The maximum Gasteiger partial charge on any atom is 0.389 e. The van der Waals surface area contributed by atoms with Gasteiger partial charge in [0, 0.05) is 18.5 Å². The fraction of sp³-hybridized carbons (Fsp3) is 0.241. The number of rotatable bonds is 11. The minimum absolute atomic E-state index is 0.0265. The van der Waals surface area contributed by atoms with Gasteiger partial charge in [-0.2, -0.15) is 13.2 Å². The molecular formula is C29H28F3NO4. The number of halogens is 3. The lowest BCUT2D eigenvalue weighted by Crippen LogP contribution is -2.26. The highest BCUT2D eigenvalue weighted by atomic mass is 19.4. The van der Waals surface area contributed by atoms with E-state index in [-0.39, 0.29) is 24.9 Å². The highest BCUT2D eigenvalue weighted by molar-refractivity contribution is 5.94. The lowest BCUT2D eigenvalue weighted by molar-refractivity contribution is -0.139. The maximum absolute atomic E-state index is 13.0. The van der Waals surface area contributed by atoms with Gasteiger partial charge in [-0.1, -0.05) is 60.7 Å². The molecular weight excluding hydrogens is 483 g/mol. The van der Waals surface area contributed by atoms with Gasteiger partial charge in [0.25, 0.3) is 5.91 Å². The Kier molecular flexibility index (Phi) is 9.11. The SMILES string of the molecule is C=C(C)c1ccc(-c2ccc(OC(CCC(F)(F)F)c3ccc(C(=O)NCCC(=O)O)cc3)cc2)cc1. The van der Waals surface area contributed by atoms with Crippen LogP contribution in [0.2, 0.25) is 0 Å². The number of carboxylic acid groups (broad SMARTS) is 1. The van der Waals surface area contributed by atoms with Gasteiger partial charge in [-0.25, -0.2) is 0 Å². The van der Waals surface area contributed by atoms with Crippen LogP contribution in [0.3, 0.4) is 0 Å². The summed E-state index contributed by atoms with van der Waals surface area (Å²) in [4.78, 5) is 22.8. The second kappa shape index (κ2) is 12.3. The first kappa shape index (κ1) is 27.5. The molecule has 0 radical (unpaired) electrons. The van der Waals surface area contributed by atoms with Gasteiger partial charge >= 0.3 is 12.1 Å². The molecule has 37 heavy (non-hydrogen) atoms. The Hall–Kier alpha value is -4.07. The van der Waals surface area contributed by atoms with Crippen molar-refractivity contribution in [2.75, 3.05) is 6.54 Å². The second-order valence-electron chi connectivity index (χ2n) is 8.66. The number of nitrogens with one attached hydrogen (secondary N) is 1. The van der Waals surface area contributed by atoms with E-state index in [1.54, 1.807) is 24.3 Å². The van der Waals surface area contributed by atoms with Crippen LogP contribution in [0.25, 0.3) is 16.7 Å². The van der Waals surface area contributed by atoms with E-state index in [9.17, 15) is 22.8 Å². The van der Waals surface area contributed by atoms with Crippen LogP contribution in [-0.2, 0) is 4.79 Å². The van der Waals surface area contributed by atoms with Crippen LogP contribution in [0.4, 0.5) is 13.2 Å². The van der Waals surface area contributed by atoms with Crippen molar-refractivity contribution in [3.05, 3.63) is 96.1 Å². The van der Waals surface area contributed by atoms with Crippen LogP contribution < -0.4 is 10.1 Å². The summed E-state index contributed by atoms with van der Waals surface area (Å²) >= 11 is 0. The molecule has 0 aliphatic rings. The third-order valence-electron chi connectivity index (χ3n) is 5.70. The molecule has 1 unspecified atom stereocenters. The number of hydrogen-bond donors (Lipinski definition) is 2. The third kappa shape index (κ3) is 8.52. The quantitative estimate of drug-likeness (QED) is 0.289. The molecule has 3 aromatic rings. The summed E-state index contributed by atoms with van der Waals surface area (Å²) in [7, 11) is 0. The van der Waals surface area contributed by atoms with Gasteiger partial charge in [-0.3, -0.25) is 9.59 Å². The summed E-state index contributed by atoms with van der Waals surface area (Å²) < 4.78 is 44.9. The predicted octanol–water partition coefficient (Wildman–Crippen LogP) is 7.05. The van der Waals surface area contributed by atoms with E-state index in [0.717, 1.165) is 22.3 Å². The first-order valence-corrected chi connectivity index (χ1v) is 11.7. The number of benzene rings is 3. The van der Waals surface area contributed by atoms with E-state index in [4.69, 9.17) is 9.84 Å². The Bertz CT molecular complexity index is 1220. The first-order valence-electron chi connectivity index (χ1n) is 11.7. The van der Waals surface area contributed by atoms with Crippen molar-refractivity contribution in [3.63, 3.8) is 0 Å². The number of allylic oxidation sites excluding steroid dienone is 1. The van der Waals surface area contributed by atoms with Crippen LogP contribution in [-0.4, -0.2) is 29.7 Å². The Balaban J connectivity index is 1.73. The van der Waals surface area contributed by atoms with Crippen LogP contribution >= 0.6 is 0 Å². The molecule has 3 aromatic carbocycles. The van der Waals surface area contributed by atoms with Gasteiger partial charge in [0.15, 0.2) is 0 Å². The number of ether oxygens (including phenoxy) is 1. The Morgan fingerprint density at radius 1 is 0.919 bits per heavy atom. The Morgan fingerprint density at radius 3 is 1.97 bits per heavy atom. The van der Waals surface area contributed by atoms with Gasteiger partial charge in [0.2, 0.25) is 0 Å². The van der Waals surface area contributed by atoms with E-state index >= 15 is 0 Å². The van der Waals surface area contributed by atoms with Crippen LogP contribution in [0.5, 0.6) is 5.75 Å². The topological polar surface area (TPSA) is 75.6 Å². The minimum atomic E-state index is -4.34. The molecule has 2 N–H and O–H groups in total.